The van der Waals surface area contributed by atoms with Gasteiger partial charge in [-0.05, 0) is 65.7 Å². The van der Waals surface area contributed by atoms with Gasteiger partial charge in [-0.1, -0.05) is 42.5 Å². The number of para-hydroxylation sites is 1. The van der Waals surface area contributed by atoms with Crippen LogP contribution in [0.4, 0.5) is 0 Å². The Morgan fingerprint density at radius 2 is 1.55 bits per heavy atom. The zero-order chi connectivity index (χ0) is 22.6. The fraction of sp³-hybridized carbons (Fsp3) is 0.143. The molecule has 0 radical (unpaired) electrons. The maximum absolute atomic E-state index is 13.3. The molecule has 33 heavy (non-hydrogen) atoms. The highest BCUT2D eigenvalue weighted by Gasteiger charge is 2.13. The molecule has 0 aliphatic rings. The van der Waals surface area contributed by atoms with Crippen molar-refractivity contribution in [2.24, 2.45) is 0 Å². The standard InChI is InChI=1S/C28H24N2O3/c1-32-23-14-12-21(13-15-23)27-29-26-10-5-4-9-25(26)28(31)30(27)17-6-18-33-24-16-11-20-7-2-3-8-22(20)19-24/h2-5,7-16,19H,6,17-18H2,1H3. The van der Waals surface area contributed by atoms with E-state index in [1.54, 1.807) is 11.7 Å². The van der Waals surface area contributed by atoms with Gasteiger partial charge < -0.3 is 9.47 Å². The van der Waals surface area contributed by atoms with E-state index in [-0.39, 0.29) is 5.56 Å². The smallest absolute Gasteiger partial charge is 0.261 e. The number of hydrogen-bond acceptors (Lipinski definition) is 4. The van der Waals surface area contributed by atoms with Gasteiger partial charge in [0.25, 0.3) is 5.56 Å². The fourth-order valence-corrected chi connectivity index (χ4v) is 4.01. The molecule has 0 amide bonds. The van der Waals surface area contributed by atoms with Crippen LogP contribution in [0.5, 0.6) is 11.5 Å². The Bertz CT molecular complexity index is 1470. The third-order valence-electron chi connectivity index (χ3n) is 5.73. The van der Waals surface area contributed by atoms with Gasteiger partial charge in [-0.3, -0.25) is 9.36 Å². The third kappa shape index (κ3) is 4.30. The topological polar surface area (TPSA) is 53.3 Å². The predicted octanol–water partition coefficient (Wildman–Crippen LogP) is 5.69. The van der Waals surface area contributed by atoms with Gasteiger partial charge in [0.05, 0.1) is 24.6 Å². The molecule has 5 heteroatoms. The van der Waals surface area contributed by atoms with Gasteiger partial charge in [0.1, 0.15) is 17.3 Å². The molecule has 0 aliphatic carbocycles. The Labute approximate surface area is 191 Å². The van der Waals surface area contributed by atoms with Crippen LogP contribution in [0.25, 0.3) is 33.1 Å². The van der Waals surface area contributed by atoms with E-state index < -0.39 is 0 Å². The highest BCUT2D eigenvalue weighted by atomic mass is 16.5. The molecule has 0 saturated heterocycles. The third-order valence-corrected chi connectivity index (χ3v) is 5.73. The first-order valence-electron chi connectivity index (χ1n) is 11.0. The van der Waals surface area contributed by atoms with E-state index in [0.717, 1.165) is 22.4 Å². The molecule has 0 fully saturated rings. The van der Waals surface area contributed by atoms with Crippen molar-refractivity contribution in [1.29, 1.82) is 0 Å². The summed E-state index contributed by atoms with van der Waals surface area (Å²) in [6.07, 6.45) is 0.676. The first kappa shape index (κ1) is 20.8. The molecule has 4 aromatic carbocycles. The lowest BCUT2D eigenvalue weighted by Crippen LogP contribution is -2.24. The minimum absolute atomic E-state index is 0.0443. The molecule has 0 atom stereocenters. The van der Waals surface area contributed by atoms with Gasteiger partial charge in [-0.25, -0.2) is 4.98 Å². The van der Waals surface area contributed by atoms with Crippen molar-refractivity contribution in [1.82, 2.24) is 9.55 Å². The van der Waals surface area contributed by atoms with Gasteiger partial charge in [-0.15, -0.1) is 0 Å². The largest absolute Gasteiger partial charge is 0.497 e. The molecule has 1 aromatic heterocycles. The minimum atomic E-state index is -0.0443. The number of ether oxygens (including phenoxy) is 2. The van der Waals surface area contributed by atoms with Crippen molar-refractivity contribution < 1.29 is 9.47 Å². The summed E-state index contributed by atoms with van der Waals surface area (Å²) in [6.45, 7) is 1.01. The van der Waals surface area contributed by atoms with Crippen LogP contribution in [0.1, 0.15) is 6.42 Å². The van der Waals surface area contributed by atoms with Gasteiger partial charge in [-0.2, -0.15) is 0 Å². The lowest BCUT2D eigenvalue weighted by Gasteiger charge is -2.14. The number of fused-ring (bicyclic) bond motifs is 2. The van der Waals surface area contributed by atoms with Crippen LogP contribution in [0.15, 0.2) is 95.8 Å². The maximum atomic E-state index is 13.3. The molecule has 0 aliphatic heterocycles. The molecule has 5 aromatic rings. The second kappa shape index (κ2) is 9.17. The lowest BCUT2D eigenvalue weighted by molar-refractivity contribution is 0.301. The Morgan fingerprint density at radius 3 is 2.36 bits per heavy atom. The molecule has 0 saturated carbocycles. The van der Waals surface area contributed by atoms with E-state index in [1.165, 1.54) is 5.39 Å². The van der Waals surface area contributed by atoms with E-state index in [4.69, 9.17) is 14.5 Å². The first-order chi connectivity index (χ1) is 16.2. The maximum Gasteiger partial charge on any atom is 0.261 e. The summed E-state index contributed by atoms with van der Waals surface area (Å²) >= 11 is 0. The Morgan fingerprint density at radius 1 is 0.818 bits per heavy atom. The van der Waals surface area contributed by atoms with Gasteiger partial charge in [0.15, 0.2) is 0 Å². The van der Waals surface area contributed by atoms with E-state index in [9.17, 15) is 4.79 Å². The van der Waals surface area contributed by atoms with Crippen molar-refractivity contribution >= 4 is 21.7 Å². The van der Waals surface area contributed by atoms with E-state index in [2.05, 4.69) is 18.2 Å². The summed E-state index contributed by atoms with van der Waals surface area (Å²) in [4.78, 5) is 18.1. The van der Waals surface area contributed by atoms with E-state index in [1.807, 2.05) is 72.8 Å². The summed E-state index contributed by atoms with van der Waals surface area (Å²) in [6, 6.07) is 29.4. The van der Waals surface area contributed by atoms with Crippen LogP contribution in [-0.2, 0) is 6.54 Å². The predicted molar refractivity (Wildman–Crippen MR) is 132 cm³/mol. The van der Waals surface area contributed by atoms with Crippen LogP contribution in [0, 0.1) is 0 Å². The summed E-state index contributed by atoms with van der Waals surface area (Å²) in [7, 11) is 1.63. The van der Waals surface area contributed by atoms with Gasteiger partial charge >= 0.3 is 0 Å². The molecule has 5 nitrogen and oxygen atoms in total. The summed E-state index contributed by atoms with van der Waals surface area (Å²) in [5.74, 6) is 2.23. The summed E-state index contributed by atoms with van der Waals surface area (Å²) < 4.78 is 13.0. The van der Waals surface area contributed by atoms with Crippen molar-refractivity contribution in [3.63, 3.8) is 0 Å². The highest BCUT2D eigenvalue weighted by Crippen LogP contribution is 2.23. The molecular formula is C28H24N2O3. The fourth-order valence-electron chi connectivity index (χ4n) is 4.01. The monoisotopic (exact) mass is 436 g/mol. The molecule has 0 bridgehead atoms. The average Bonchev–Trinajstić information content (AvgIpc) is 2.87. The van der Waals surface area contributed by atoms with E-state index >= 15 is 0 Å². The molecule has 0 spiro atoms. The Hall–Kier alpha value is -4.12. The van der Waals surface area contributed by atoms with Crippen molar-refractivity contribution in [2.75, 3.05) is 13.7 Å². The summed E-state index contributed by atoms with van der Waals surface area (Å²) in [5, 5.41) is 2.94. The van der Waals surface area contributed by atoms with Crippen LogP contribution in [0.3, 0.4) is 0 Å². The Balaban J connectivity index is 1.39. The van der Waals surface area contributed by atoms with Crippen LogP contribution < -0.4 is 15.0 Å². The normalized spacial score (nSPS) is 11.1. The number of benzene rings is 4. The van der Waals surface area contributed by atoms with Crippen molar-refractivity contribution in [2.45, 2.75) is 13.0 Å². The van der Waals surface area contributed by atoms with Crippen molar-refractivity contribution in [3.8, 4) is 22.9 Å². The van der Waals surface area contributed by atoms with E-state index in [0.29, 0.717) is 36.3 Å². The Kier molecular flexibility index (Phi) is 5.77. The van der Waals surface area contributed by atoms with Crippen LogP contribution in [-0.4, -0.2) is 23.3 Å². The zero-order valence-corrected chi connectivity index (χ0v) is 18.4. The first-order valence-corrected chi connectivity index (χ1v) is 11.0. The second-order valence-corrected chi connectivity index (χ2v) is 7.85. The van der Waals surface area contributed by atoms with Crippen LogP contribution >= 0.6 is 0 Å². The molecular weight excluding hydrogens is 412 g/mol. The van der Waals surface area contributed by atoms with Crippen LogP contribution in [0.2, 0.25) is 0 Å². The van der Waals surface area contributed by atoms with Gasteiger partial charge in [0.2, 0.25) is 0 Å². The SMILES string of the molecule is COc1ccc(-c2nc3ccccc3c(=O)n2CCCOc2ccc3ccccc3c2)cc1. The zero-order valence-electron chi connectivity index (χ0n) is 18.4. The number of hydrogen-bond donors (Lipinski definition) is 0. The molecule has 0 unspecified atom stereocenters. The molecule has 5 rings (SSSR count). The highest BCUT2D eigenvalue weighted by molar-refractivity contribution is 5.83. The second-order valence-electron chi connectivity index (χ2n) is 7.85. The minimum Gasteiger partial charge on any atom is -0.497 e. The number of nitrogens with zero attached hydrogens (tertiary/aromatic N) is 2. The number of aromatic nitrogens is 2. The van der Waals surface area contributed by atoms with Gasteiger partial charge in [0, 0.05) is 12.1 Å². The summed E-state index contributed by atoms with van der Waals surface area (Å²) in [5.41, 5.74) is 1.52. The molecule has 1 heterocycles. The number of methoxy groups -OCH3 is 1. The average molecular weight is 437 g/mol. The number of rotatable bonds is 7. The lowest BCUT2D eigenvalue weighted by atomic mass is 10.1. The molecule has 164 valence electrons. The van der Waals surface area contributed by atoms with Crippen molar-refractivity contribution in [3.05, 3.63) is 101 Å². The molecule has 0 N–H and O–H groups in total. The quantitative estimate of drug-likeness (QED) is 0.307.